The third kappa shape index (κ3) is 3.74. The highest BCUT2D eigenvalue weighted by Gasteiger charge is 2.24. The molecule has 0 unspecified atom stereocenters. The second kappa shape index (κ2) is 7.51. The Hall–Kier alpha value is -2.47. The van der Waals surface area contributed by atoms with E-state index in [0.29, 0.717) is 29.3 Å². The highest BCUT2D eigenvalue weighted by Crippen LogP contribution is 2.34. The summed E-state index contributed by atoms with van der Waals surface area (Å²) in [5, 5.41) is 0.700. The Labute approximate surface area is 165 Å². The van der Waals surface area contributed by atoms with Gasteiger partial charge in [-0.2, -0.15) is 0 Å². The number of nitrogens with zero attached hydrogens (tertiary/aromatic N) is 1. The van der Waals surface area contributed by atoms with Crippen LogP contribution in [0.4, 0.5) is 4.39 Å². The Morgan fingerprint density at radius 1 is 1.14 bits per heavy atom. The summed E-state index contributed by atoms with van der Waals surface area (Å²) < 4.78 is 41.9. The second-order valence-corrected chi connectivity index (χ2v) is 9.27. The van der Waals surface area contributed by atoms with E-state index in [-0.39, 0.29) is 16.6 Å². The van der Waals surface area contributed by atoms with Crippen molar-refractivity contribution >= 4 is 26.7 Å². The molecule has 3 aromatic rings. The van der Waals surface area contributed by atoms with Crippen molar-refractivity contribution in [3.05, 3.63) is 65.1 Å². The summed E-state index contributed by atoms with van der Waals surface area (Å²) in [5.74, 6) is -0.398. The molecular weight excluding hydrogens is 377 g/mol. The topological polar surface area (TPSA) is 56.1 Å². The SMILES string of the molecule is CC(=O)CC[C@H](C)c1cn(S(=O)(=O)c2ccc(C)cc2)c2cc(F)c(C)cc12. The van der Waals surface area contributed by atoms with Crippen LogP contribution in [0.2, 0.25) is 0 Å². The van der Waals surface area contributed by atoms with Gasteiger partial charge < -0.3 is 4.79 Å². The van der Waals surface area contributed by atoms with Crippen LogP contribution in [0.25, 0.3) is 10.9 Å². The molecule has 0 aliphatic rings. The summed E-state index contributed by atoms with van der Waals surface area (Å²) in [4.78, 5) is 11.5. The molecule has 0 aliphatic heterocycles. The molecule has 3 rings (SSSR count). The first-order valence-corrected chi connectivity index (χ1v) is 10.7. The summed E-state index contributed by atoms with van der Waals surface area (Å²) >= 11 is 0. The van der Waals surface area contributed by atoms with Crippen molar-refractivity contribution in [2.45, 2.75) is 51.3 Å². The molecular formula is C22H24FNO3S. The van der Waals surface area contributed by atoms with Crippen LogP contribution in [0.3, 0.4) is 0 Å². The molecule has 0 N–H and O–H groups in total. The molecule has 0 bridgehead atoms. The predicted octanol–water partition coefficient (Wildman–Crippen LogP) is 5.11. The molecule has 0 amide bonds. The monoisotopic (exact) mass is 401 g/mol. The van der Waals surface area contributed by atoms with Crippen LogP contribution in [0, 0.1) is 19.7 Å². The predicted molar refractivity (Wildman–Crippen MR) is 109 cm³/mol. The third-order valence-corrected chi connectivity index (χ3v) is 6.81. The fourth-order valence-corrected chi connectivity index (χ4v) is 4.71. The maximum atomic E-state index is 14.3. The number of ketones is 1. The molecule has 1 heterocycles. The van der Waals surface area contributed by atoms with Crippen LogP contribution in [0.1, 0.15) is 49.3 Å². The van der Waals surface area contributed by atoms with Gasteiger partial charge in [0.05, 0.1) is 10.4 Å². The zero-order valence-electron chi connectivity index (χ0n) is 16.5. The van der Waals surface area contributed by atoms with Crippen molar-refractivity contribution < 1.29 is 17.6 Å². The zero-order valence-corrected chi connectivity index (χ0v) is 17.3. The Balaban J connectivity index is 2.21. The van der Waals surface area contributed by atoms with Crippen LogP contribution in [-0.2, 0) is 14.8 Å². The Kier molecular flexibility index (Phi) is 5.44. The molecule has 0 radical (unpaired) electrons. The molecule has 0 aliphatic carbocycles. The van der Waals surface area contributed by atoms with Gasteiger partial charge in [-0.3, -0.25) is 0 Å². The number of aromatic nitrogens is 1. The van der Waals surface area contributed by atoms with Crippen LogP contribution in [-0.4, -0.2) is 18.2 Å². The van der Waals surface area contributed by atoms with E-state index in [2.05, 4.69) is 0 Å². The molecule has 1 aromatic heterocycles. The van der Waals surface area contributed by atoms with Crippen molar-refractivity contribution in [3.63, 3.8) is 0 Å². The summed E-state index contributed by atoms with van der Waals surface area (Å²) in [5.41, 5.74) is 2.53. The summed E-state index contributed by atoms with van der Waals surface area (Å²) in [6, 6.07) is 9.54. The number of rotatable bonds is 6. The van der Waals surface area contributed by atoms with Gasteiger partial charge in [-0.15, -0.1) is 0 Å². The van der Waals surface area contributed by atoms with Crippen LogP contribution in [0.15, 0.2) is 47.5 Å². The lowest BCUT2D eigenvalue weighted by Gasteiger charge is -2.09. The number of aryl methyl sites for hydroxylation is 2. The zero-order chi connectivity index (χ0) is 20.6. The van der Waals surface area contributed by atoms with Crippen LogP contribution < -0.4 is 0 Å². The standard InChI is InChI=1S/C22H24FNO3S/c1-14-5-9-18(10-6-14)28(26,27)24-13-20(15(2)7-8-17(4)25)19-11-16(3)21(23)12-22(19)24/h5-6,9-13,15H,7-8H2,1-4H3/t15-/m0/s1. The van der Waals surface area contributed by atoms with Gasteiger partial charge in [0.1, 0.15) is 11.6 Å². The Morgan fingerprint density at radius 3 is 2.39 bits per heavy atom. The molecule has 2 aromatic carbocycles. The minimum atomic E-state index is -3.87. The maximum absolute atomic E-state index is 14.3. The molecule has 0 saturated carbocycles. The summed E-state index contributed by atoms with van der Waals surface area (Å²) in [7, 11) is -3.87. The van der Waals surface area contributed by atoms with Gasteiger partial charge in [-0.1, -0.05) is 24.6 Å². The average Bonchev–Trinajstić information content (AvgIpc) is 2.99. The molecule has 1 atom stereocenters. The fourth-order valence-electron chi connectivity index (χ4n) is 3.34. The number of benzene rings is 2. The Bertz CT molecular complexity index is 1140. The minimum Gasteiger partial charge on any atom is -0.300 e. The van der Waals surface area contributed by atoms with Gasteiger partial charge in [-0.25, -0.2) is 16.8 Å². The molecule has 148 valence electrons. The van der Waals surface area contributed by atoms with Gasteiger partial charge >= 0.3 is 0 Å². The molecule has 6 heteroatoms. The quantitative estimate of drug-likeness (QED) is 0.577. The van der Waals surface area contributed by atoms with Gasteiger partial charge in [0, 0.05) is 18.0 Å². The highest BCUT2D eigenvalue weighted by molar-refractivity contribution is 7.90. The number of hydrogen-bond acceptors (Lipinski definition) is 3. The van der Waals surface area contributed by atoms with Crippen molar-refractivity contribution in [2.24, 2.45) is 0 Å². The maximum Gasteiger partial charge on any atom is 0.268 e. The average molecular weight is 402 g/mol. The van der Waals surface area contributed by atoms with E-state index in [9.17, 15) is 17.6 Å². The number of fused-ring (bicyclic) bond motifs is 1. The number of hydrogen-bond donors (Lipinski definition) is 0. The number of carbonyl (C=O) groups excluding carboxylic acids is 1. The normalized spacial score (nSPS) is 13.0. The Morgan fingerprint density at radius 2 is 1.79 bits per heavy atom. The van der Waals surface area contributed by atoms with E-state index >= 15 is 0 Å². The second-order valence-electron chi connectivity index (χ2n) is 7.46. The molecule has 4 nitrogen and oxygen atoms in total. The van der Waals surface area contributed by atoms with E-state index in [1.165, 1.54) is 13.0 Å². The van der Waals surface area contributed by atoms with Gasteiger partial charge in [0.25, 0.3) is 10.0 Å². The molecule has 28 heavy (non-hydrogen) atoms. The van der Waals surface area contributed by atoms with Crippen LogP contribution >= 0.6 is 0 Å². The third-order valence-electron chi connectivity index (χ3n) is 5.12. The lowest BCUT2D eigenvalue weighted by Crippen LogP contribution is -2.12. The molecule has 0 saturated heterocycles. The molecule has 0 fully saturated rings. The number of Topliss-reactive ketones (excluding diaryl/α,β-unsaturated/α-hetero) is 1. The van der Waals surface area contributed by atoms with E-state index in [1.54, 1.807) is 43.5 Å². The lowest BCUT2D eigenvalue weighted by molar-refractivity contribution is -0.117. The van der Waals surface area contributed by atoms with E-state index < -0.39 is 15.8 Å². The lowest BCUT2D eigenvalue weighted by atomic mass is 9.94. The number of carbonyl (C=O) groups is 1. The first-order chi connectivity index (χ1) is 13.1. The smallest absolute Gasteiger partial charge is 0.268 e. The molecule has 0 spiro atoms. The first kappa shape index (κ1) is 20.3. The highest BCUT2D eigenvalue weighted by atomic mass is 32.2. The van der Waals surface area contributed by atoms with Crippen molar-refractivity contribution in [2.75, 3.05) is 0 Å². The van der Waals surface area contributed by atoms with E-state index in [1.807, 2.05) is 13.8 Å². The summed E-state index contributed by atoms with van der Waals surface area (Å²) in [6.45, 7) is 7.04. The minimum absolute atomic E-state index is 0.0364. The van der Waals surface area contributed by atoms with E-state index in [4.69, 9.17) is 0 Å². The van der Waals surface area contributed by atoms with Crippen molar-refractivity contribution in [1.82, 2.24) is 3.97 Å². The first-order valence-electron chi connectivity index (χ1n) is 9.24. The summed E-state index contributed by atoms with van der Waals surface area (Å²) in [6.07, 6.45) is 2.59. The van der Waals surface area contributed by atoms with Gasteiger partial charge in [0.2, 0.25) is 0 Å². The van der Waals surface area contributed by atoms with Crippen molar-refractivity contribution in [1.29, 1.82) is 0 Å². The number of halogens is 1. The van der Waals surface area contributed by atoms with Crippen LogP contribution in [0.5, 0.6) is 0 Å². The fraction of sp³-hybridized carbons (Fsp3) is 0.318. The largest absolute Gasteiger partial charge is 0.300 e. The van der Waals surface area contributed by atoms with E-state index in [0.717, 1.165) is 15.1 Å². The van der Waals surface area contributed by atoms with Gasteiger partial charge in [0.15, 0.2) is 0 Å². The van der Waals surface area contributed by atoms with Crippen molar-refractivity contribution in [3.8, 4) is 0 Å². The van der Waals surface area contributed by atoms with Gasteiger partial charge in [-0.05, 0) is 68.5 Å².